The molecule has 96 heavy (non-hydrogen) atoms. The van der Waals surface area contributed by atoms with Gasteiger partial charge in [-0.05, 0) is 51.4 Å². The quantitative estimate of drug-likeness (QED) is 0.0195. The minimum absolute atomic E-state index is 0.0274. The van der Waals surface area contributed by atoms with Crippen LogP contribution in [0.3, 0.4) is 0 Å². The first-order valence-electron chi connectivity index (χ1n) is 42.3. The van der Waals surface area contributed by atoms with E-state index in [0.29, 0.717) is 17.4 Å². The van der Waals surface area contributed by atoms with Crippen LogP contribution in [0.5, 0.6) is 0 Å². The van der Waals surface area contributed by atoms with E-state index in [1.165, 1.54) is 347 Å². The van der Waals surface area contributed by atoms with Gasteiger partial charge in [0.25, 0.3) is 7.82 Å². The molecule has 0 aromatic carbocycles. The Morgan fingerprint density at radius 1 is 0.333 bits per heavy atom. The number of quaternary nitrogens is 1. The molecule has 0 amide bonds. The third-order valence-electron chi connectivity index (χ3n) is 19.4. The highest BCUT2D eigenvalue weighted by Gasteiger charge is 2.22. The average Bonchev–Trinajstić information content (AvgIpc) is 2.74. The summed E-state index contributed by atoms with van der Waals surface area (Å²) in [5.41, 5.74) is 0. The van der Waals surface area contributed by atoms with Gasteiger partial charge in [-0.25, -0.2) is 0 Å². The van der Waals surface area contributed by atoms with Crippen LogP contribution < -0.4 is 4.89 Å². The molecular formula is C86H164NO8P. The van der Waals surface area contributed by atoms with E-state index < -0.39 is 26.5 Å². The molecule has 0 aromatic rings. The Kier molecular flexibility index (Phi) is 75.5. The summed E-state index contributed by atoms with van der Waals surface area (Å²) in [6.07, 6.45) is 103. The second-order valence-electron chi connectivity index (χ2n) is 30.2. The fourth-order valence-electron chi connectivity index (χ4n) is 13.0. The van der Waals surface area contributed by atoms with Gasteiger partial charge in [0.1, 0.15) is 19.8 Å². The highest BCUT2D eigenvalue weighted by molar-refractivity contribution is 7.45. The summed E-state index contributed by atoms with van der Waals surface area (Å²) in [5.74, 6) is -0.806. The van der Waals surface area contributed by atoms with Crippen molar-refractivity contribution < 1.29 is 42.1 Å². The van der Waals surface area contributed by atoms with Crippen LogP contribution in [-0.2, 0) is 32.7 Å². The van der Waals surface area contributed by atoms with Gasteiger partial charge in [-0.15, -0.1) is 0 Å². The summed E-state index contributed by atoms with van der Waals surface area (Å²) in [5, 5.41) is 0. The summed E-state index contributed by atoms with van der Waals surface area (Å²) in [6.45, 7) is 4.22. The minimum Gasteiger partial charge on any atom is -0.756 e. The largest absolute Gasteiger partial charge is 0.756 e. The summed E-state index contributed by atoms with van der Waals surface area (Å²) in [4.78, 5) is 38.2. The number of hydrogen-bond donors (Lipinski definition) is 0. The average molecular weight is 1370 g/mol. The lowest BCUT2D eigenvalue weighted by Gasteiger charge is -2.28. The molecule has 0 fully saturated rings. The summed E-state index contributed by atoms with van der Waals surface area (Å²) in [6, 6.07) is 0. The van der Waals surface area contributed by atoms with Gasteiger partial charge in [-0.1, -0.05) is 422 Å². The van der Waals surface area contributed by atoms with Gasteiger partial charge < -0.3 is 27.9 Å². The van der Waals surface area contributed by atoms with Crippen LogP contribution in [0.15, 0.2) is 48.6 Å². The summed E-state index contributed by atoms with van der Waals surface area (Å²) < 4.78 is 34.5. The Morgan fingerprint density at radius 3 is 0.885 bits per heavy atom. The highest BCUT2D eigenvalue weighted by atomic mass is 31.2. The molecule has 0 aliphatic carbocycles. The molecule has 2 unspecified atom stereocenters. The Morgan fingerprint density at radius 2 is 0.594 bits per heavy atom. The van der Waals surface area contributed by atoms with E-state index in [4.69, 9.17) is 18.5 Å². The van der Waals surface area contributed by atoms with E-state index in [2.05, 4.69) is 62.5 Å². The van der Waals surface area contributed by atoms with Crippen molar-refractivity contribution in [1.82, 2.24) is 0 Å². The Bertz CT molecular complexity index is 1760. The molecule has 0 bridgehead atoms. The van der Waals surface area contributed by atoms with E-state index in [1.807, 2.05) is 21.1 Å². The SMILES string of the molecule is CC/C=C\C/C=C\C/C=C\C/C=C\CCCCCCCCCCCCCCCCCCCCCCCCC(=O)OC(COC(=O)CCCCCCCCCCCCCCCCCCCCCCCCCCCCCCCCCCCCCCC)COP(=O)([O-])OCC[N+](C)(C)C. The van der Waals surface area contributed by atoms with Gasteiger partial charge in [0.05, 0.1) is 27.7 Å². The Hall–Kier alpha value is -2.03. The number of esters is 2. The monoisotopic (exact) mass is 1370 g/mol. The number of phosphoric acid groups is 1. The van der Waals surface area contributed by atoms with Gasteiger partial charge in [0.2, 0.25) is 0 Å². The fourth-order valence-corrected chi connectivity index (χ4v) is 13.7. The van der Waals surface area contributed by atoms with Crippen molar-refractivity contribution in [2.24, 2.45) is 0 Å². The third kappa shape index (κ3) is 80.9. The van der Waals surface area contributed by atoms with Crippen molar-refractivity contribution in [2.45, 2.75) is 444 Å². The molecule has 566 valence electrons. The first kappa shape index (κ1) is 94.0. The van der Waals surface area contributed by atoms with Crippen LogP contribution >= 0.6 is 7.82 Å². The zero-order valence-electron chi connectivity index (χ0n) is 64.9. The molecule has 0 aliphatic rings. The molecule has 10 heteroatoms. The van der Waals surface area contributed by atoms with Crippen LogP contribution in [0.25, 0.3) is 0 Å². The lowest BCUT2D eigenvalue weighted by molar-refractivity contribution is -0.870. The molecule has 0 aliphatic heterocycles. The molecule has 0 saturated heterocycles. The topological polar surface area (TPSA) is 111 Å². The van der Waals surface area contributed by atoms with Crippen molar-refractivity contribution in [3.8, 4) is 0 Å². The molecule has 0 radical (unpaired) electrons. The van der Waals surface area contributed by atoms with E-state index in [1.54, 1.807) is 0 Å². The molecule has 0 heterocycles. The van der Waals surface area contributed by atoms with Crippen molar-refractivity contribution in [3.63, 3.8) is 0 Å². The molecule has 0 saturated carbocycles. The number of ether oxygens (including phenoxy) is 2. The molecule has 0 spiro atoms. The number of unbranched alkanes of at least 4 members (excludes halogenated alkanes) is 58. The Labute approximate surface area is 598 Å². The predicted octanol–water partition coefficient (Wildman–Crippen LogP) is 27.7. The van der Waals surface area contributed by atoms with E-state index in [-0.39, 0.29) is 32.0 Å². The van der Waals surface area contributed by atoms with Crippen LogP contribution in [0.1, 0.15) is 438 Å². The maximum atomic E-state index is 12.9. The highest BCUT2D eigenvalue weighted by Crippen LogP contribution is 2.38. The number of hydrogen-bond acceptors (Lipinski definition) is 8. The summed E-state index contributed by atoms with van der Waals surface area (Å²) in [7, 11) is 1.19. The van der Waals surface area contributed by atoms with Crippen LogP contribution in [0.2, 0.25) is 0 Å². The maximum Gasteiger partial charge on any atom is 0.306 e. The van der Waals surface area contributed by atoms with E-state index >= 15 is 0 Å². The van der Waals surface area contributed by atoms with Crippen molar-refractivity contribution >= 4 is 19.8 Å². The maximum absolute atomic E-state index is 12.9. The zero-order valence-corrected chi connectivity index (χ0v) is 65.7. The minimum atomic E-state index is -4.64. The second kappa shape index (κ2) is 77.1. The van der Waals surface area contributed by atoms with Gasteiger partial charge >= 0.3 is 11.9 Å². The van der Waals surface area contributed by atoms with Gasteiger partial charge in [0.15, 0.2) is 6.10 Å². The number of allylic oxidation sites excluding steroid dienone is 8. The first-order chi connectivity index (χ1) is 47.0. The number of likely N-dealkylation sites (N-methyl/N-ethyl adjacent to an activating group) is 1. The van der Waals surface area contributed by atoms with Gasteiger partial charge in [-0.2, -0.15) is 0 Å². The van der Waals surface area contributed by atoms with Crippen LogP contribution in [-0.4, -0.2) is 70.0 Å². The number of rotatable bonds is 80. The van der Waals surface area contributed by atoms with E-state index in [9.17, 15) is 19.0 Å². The summed E-state index contributed by atoms with van der Waals surface area (Å²) >= 11 is 0. The predicted molar refractivity (Wildman–Crippen MR) is 416 cm³/mol. The smallest absolute Gasteiger partial charge is 0.306 e. The lowest BCUT2D eigenvalue weighted by Crippen LogP contribution is -2.37. The fraction of sp³-hybridized carbons (Fsp3) is 0.884. The molecule has 0 aromatic heterocycles. The third-order valence-corrected chi connectivity index (χ3v) is 20.3. The number of nitrogens with zero attached hydrogens (tertiary/aromatic N) is 1. The molecular weight excluding hydrogens is 1210 g/mol. The van der Waals surface area contributed by atoms with Crippen molar-refractivity contribution in [2.75, 3.05) is 47.5 Å². The number of carbonyl (C=O) groups excluding carboxylic acids is 2. The second-order valence-corrected chi connectivity index (χ2v) is 31.6. The van der Waals surface area contributed by atoms with Gasteiger partial charge in [-0.3, -0.25) is 14.2 Å². The molecule has 0 N–H and O–H groups in total. The number of carbonyl (C=O) groups is 2. The first-order valence-corrected chi connectivity index (χ1v) is 43.8. The van der Waals surface area contributed by atoms with E-state index in [0.717, 1.165) is 57.8 Å². The van der Waals surface area contributed by atoms with Crippen molar-refractivity contribution in [3.05, 3.63) is 48.6 Å². The van der Waals surface area contributed by atoms with Crippen molar-refractivity contribution in [1.29, 1.82) is 0 Å². The Balaban J connectivity index is 3.87. The van der Waals surface area contributed by atoms with Crippen LogP contribution in [0, 0.1) is 0 Å². The molecule has 9 nitrogen and oxygen atoms in total. The molecule has 2 atom stereocenters. The normalized spacial score (nSPS) is 13.2. The standard InChI is InChI=1S/C86H164NO8P/c1-6-8-10-12-14-16-18-20-22-24-26-28-30-32-34-36-38-40-42-43-45-46-48-50-52-54-56-58-60-62-64-66-68-70-72-74-76-78-85(88)92-82-84(83-94-96(90,91)93-81-80-87(3,4)5)95-86(89)79-77-75-73-71-69-67-65-63-61-59-57-55-53-51-49-47-44-41-39-37-35-33-31-29-27-25-23-21-19-17-15-13-11-9-7-2/h9,11,15,17,21,23,27,29,84H,6-8,10,12-14,16,18-20,22,24-26,28,30-83H2,1-5H3/b11-9-,17-15-,23-21-,29-27-. The number of phosphoric ester groups is 1. The van der Waals surface area contributed by atoms with Crippen LogP contribution in [0.4, 0.5) is 0 Å². The molecule has 0 rings (SSSR count). The van der Waals surface area contributed by atoms with Gasteiger partial charge in [0, 0.05) is 12.8 Å². The zero-order chi connectivity index (χ0) is 69.7. The lowest BCUT2D eigenvalue weighted by atomic mass is 10.0.